The summed E-state index contributed by atoms with van der Waals surface area (Å²) in [5.74, 6) is -0.157. The van der Waals surface area contributed by atoms with Gasteiger partial charge in [0.1, 0.15) is 0 Å². The third-order valence-corrected chi connectivity index (χ3v) is 3.47. The Morgan fingerprint density at radius 1 is 1.27 bits per heavy atom. The molecular weight excluding hydrogens is 298 g/mol. The van der Waals surface area contributed by atoms with Crippen LogP contribution in [-0.4, -0.2) is 12.5 Å². The molecule has 0 heterocycles. The molecule has 0 fully saturated rings. The van der Waals surface area contributed by atoms with Gasteiger partial charge < -0.3 is 10.6 Å². The van der Waals surface area contributed by atoms with Crippen LogP contribution < -0.4 is 10.6 Å². The fraction of sp³-hybridized carbons (Fsp3) is 0.176. The minimum absolute atomic E-state index is 0.0356. The molecule has 2 N–H and O–H groups in total. The molecule has 5 heteroatoms. The fourth-order valence-electron chi connectivity index (χ4n) is 1.99. The molecule has 0 saturated heterocycles. The molecule has 4 nitrogen and oxygen atoms in total. The summed E-state index contributed by atoms with van der Waals surface area (Å²) in [6.07, 6.45) is 0. The van der Waals surface area contributed by atoms with E-state index < -0.39 is 0 Å². The maximum Gasteiger partial charge on any atom is 0.238 e. The lowest BCUT2D eigenvalue weighted by molar-refractivity contribution is -0.115. The van der Waals surface area contributed by atoms with Crippen LogP contribution in [0.5, 0.6) is 0 Å². The number of rotatable bonds is 5. The molecule has 1 amide bonds. The van der Waals surface area contributed by atoms with E-state index in [4.69, 9.17) is 16.9 Å². The van der Waals surface area contributed by atoms with Gasteiger partial charge >= 0.3 is 0 Å². The average molecular weight is 314 g/mol. The number of nitrogens with zero attached hydrogens (tertiary/aromatic N) is 1. The minimum Gasteiger partial charge on any atom is -0.325 e. The van der Waals surface area contributed by atoms with E-state index in [1.807, 2.05) is 37.3 Å². The summed E-state index contributed by atoms with van der Waals surface area (Å²) >= 11 is 5.85. The lowest BCUT2D eigenvalue weighted by Gasteiger charge is -2.14. The number of halogens is 1. The van der Waals surface area contributed by atoms with Gasteiger partial charge in [0, 0.05) is 16.8 Å². The van der Waals surface area contributed by atoms with E-state index in [1.165, 1.54) is 0 Å². The van der Waals surface area contributed by atoms with Crippen molar-refractivity contribution >= 4 is 23.2 Å². The van der Waals surface area contributed by atoms with E-state index in [2.05, 4.69) is 10.6 Å². The number of carbonyl (C=O) groups is 1. The van der Waals surface area contributed by atoms with Crippen molar-refractivity contribution in [3.63, 3.8) is 0 Å². The molecular formula is C17H16ClN3O. The molecule has 0 aromatic heterocycles. The summed E-state index contributed by atoms with van der Waals surface area (Å²) in [6, 6.07) is 16.4. The Labute approximate surface area is 134 Å². The van der Waals surface area contributed by atoms with Gasteiger partial charge in [-0.1, -0.05) is 29.8 Å². The molecule has 0 bridgehead atoms. The second-order valence-electron chi connectivity index (χ2n) is 4.89. The SMILES string of the molecule is C[C@@H](NCC(=O)Nc1cccc(C#N)c1)c1ccc(Cl)cc1. The van der Waals surface area contributed by atoms with Gasteiger partial charge in [-0.15, -0.1) is 0 Å². The van der Waals surface area contributed by atoms with Crippen LogP contribution in [0.4, 0.5) is 5.69 Å². The Morgan fingerprint density at radius 3 is 2.68 bits per heavy atom. The number of benzene rings is 2. The Hall–Kier alpha value is -2.35. The van der Waals surface area contributed by atoms with Gasteiger partial charge in [0.2, 0.25) is 5.91 Å². The lowest BCUT2D eigenvalue weighted by atomic mass is 10.1. The number of nitriles is 1. The van der Waals surface area contributed by atoms with Crippen LogP contribution in [0.1, 0.15) is 24.1 Å². The largest absolute Gasteiger partial charge is 0.325 e. The van der Waals surface area contributed by atoms with Gasteiger partial charge in [-0.25, -0.2) is 0 Å². The van der Waals surface area contributed by atoms with Crippen molar-refractivity contribution in [1.29, 1.82) is 5.26 Å². The second kappa shape index (κ2) is 7.60. The van der Waals surface area contributed by atoms with Crippen LogP contribution in [0.15, 0.2) is 48.5 Å². The highest BCUT2D eigenvalue weighted by atomic mass is 35.5. The molecule has 2 aromatic rings. The highest BCUT2D eigenvalue weighted by molar-refractivity contribution is 6.30. The monoisotopic (exact) mass is 313 g/mol. The standard InChI is InChI=1S/C17H16ClN3O/c1-12(14-5-7-15(18)8-6-14)20-11-17(22)21-16-4-2-3-13(9-16)10-19/h2-9,12,20H,11H2,1H3,(H,21,22)/t12-/m1/s1. The number of amides is 1. The molecule has 22 heavy (non-hydrogen) atoms. The maximum absolute atomic E-state index is 11.9. The molecule has 2 aromatic carbocycles. The van der Waals surface area contributed by atoms with Gasteiger partial charge in [0.05, 0.1) is 18.2 Å². The summed E-state index contributed by atoms with van der Waals surface area (Å²) in [5.41, 5.74) is 2.19. The maximum atomic E-state index is 11.9. The molecule has 0 aliphatic heterocycles. The van der Waals surface area contributed by atoms with Crippen molar-refractivity contribution in [3.8, 4) is 6.07 Å². The van der Waals surface area contributed by atoms with Gasteiger partial charge in [0.15, 0.2) is 0 Å². The van der Waals surface area contributed by atoms with Gasteiger partial charge in [0.25, 0.3) is 0 Å². The first kappa shape index (κ1) is 16.0. The third-order valence-electron chi connectivity index (χ3n) is 3.21. The second-order valence-corrected chi connectivity index (χ2v) is 5.33. The summed E-state index contributed by atoms with van der Waals surface area (Å²) in [4.78, 5) is 11.9. The normalized spacial score (nSPS) is 11.5. The fourth-order valence-corrected chi connectivity index (χ4v) is 2.11. The zero-order valence-corrected chi connectivity index (χ0v) is 12.9. The Kier molecular flexibility index (Phi) is 5.54. The zero-order chi connectivity index (χ0) is 15.9. The molecule has 0 aliphatic carbocycles. The van der Waals surface area contributed by atoms with Gasteiger partial charge in [-0.3, -0.25) is 4.79 Å². The molecule has 0 saturated carbocycles. The zero-order valence-electron chi connectivity index (χ0n) is 12.1. The quantitative estimate of drug-likeness (QED) is 0.888. The summed E-state index contributed by atoms with van der Waals surface area (Å²) < 4.78 is 0. The summed E-state index contributed by atoms with van der Waals surface area (Å²) in [5, 5.41) is 15.4. The minimum atomic E-state index is -0.157. The first-order valence-corrected chi connectivity index (χ1v) is 7.25. The van der Waals surface area contributed by atoms with Crippen LogP contribution in [-0.2, 0) is 4.79 Å². The topological polar surface area (TPSA) is 64.9 Å². The van der Waals surface area contributed by atoms with Crippen molar-refractivity contribution in [1.82, 2.24) is 5.32 Å². The predicted molar refractivity (Wildman–Crippen MR) is 87.7 cm³/mol. The molecule has 0 radical (unpaired) electrons. The van der Waals surface area contributed by atoms with Crippen molar-refractivity contribution in [2.45, 2.75) is 13.0 Å². The lowest BCUT2D eigenvalue weighted by Crippen LogP contribution is -2.30. The number of hydrogen-bond donors (Lipinski definition) is 2. The van der Waals surface area contributed by atoms with Crippen LogP contribution in [0.3, 0.4) is 0 Å². The molecule has 0 aliphatic rings. The number of nitrogens with one attached hydrogen (secondary N) is 2. The van der Waals surface area contributed by atoms with Crippen LogP contribution in [0.25, 0.3) is 0 Å². The highest BCUT2D eigenvalue weighted by Crippen LogP contribution is 2.16. The van der Waals surface area contributed by atoms with Crippen molar-refractivity contribution in [3.05, 3.63) is 64.7 Å². The number of hydrogen-bond acceptors (Lipinski definition) is 3. The van der Waals surface area contributed by atoms with Gasteiger partial charge in [-0.2, -0.15) is 5.26 Å². The van der Waals surface area contributed by atoms with Crippen LogP contribution >= 0.6 is 11.6 Å². The first-order chi connectivity index (χ1) is 10.6. The molecule has 112 valence electrons. The average Bonchev–Trinajstić information content (AvgIpc) is 2.53. The third kappa shape index (κ3) is 4.59. The van der Waals surface area contributed by atoms with E-state index in [0.717, 1.165) is 5.56 Å². The van der Waals surface area contributed by atoms with Crippen molar-refractivity contribution in [2.75, 3.05) is 11.9 Å². The summed E-state index contributed by atoms with van der Waals surface area (Å²) in [7, 11) is 0. The van der Waals surface area contributed by atoms with E-state index in [1.54, 1.807) is 24.3 Å². The molecule has 0 spiro atoms. The Balaban J connectivity index is 1.87. The van der Waals surface area contributed by atoms with E-state index >= 15 is 0 Å². The number of anilines is 1. The van der Waals surface area contributed by atoms with Crippen molar-refractivity contribution < 1.29 is 4.79 Å². The molecule has 0 unspecified atom stereocenters. The highest BCUT2D eigenvalue weighted by Gasteiger charge is 2.08. The van der Waals surface area contributed by atoms with Gasteiger partial charge in [-0.05, 0) is 42.8 Å². The van der Waals surface area contributed by atoms with E-state index in [9.17, 15) is 4.79 Å². The molecule has 1 atom stereocenters. The number of carbonyl (C=O) groups excluding carboxylic acids is 1. The Bertz CT molecular complexity index is 692. The first-order valence-electron chi connectivity index (χ1n) is 6.87. The van der Waals surface area contributed by atoms with Crippen LogP contribution in [0.2, 0.25) is 5.02 Å². The smallest absolute Gasteiger partial charge is 0.238 e. The van der Waals surface area contributed by atoms with Crippen molar-refractivity contribution in [2.24, 2.45) is 0 Å². The van der Waals surface area contributed by atoms with E-state index in [0.29, 0.717) is 16.3 Å². The summed E-state index contributed by atoms with van der Waals surface area (Å²) in [6.45, 7) is 2.16. The van der Waals surface area contributed by atoms with Crippen LogP contribution in [0, 0.1) is 11.3 Å². The Morgan fingerprint density at radius 2 is 2.00 bits per heavy atom. The molecule has 2 rings (SSSR count). The predicted octanol–water partition coefficient (Wildman–Crippen LogP) is 3.50. The van der Waals surface area contributed by atoms with E-state index in [-0.39, 0.29) is 18.5 Å².